The third kappa shape index (κ3) is 3.55. The van der Waals surface area contributed by atoms with Gasteiger partial charge in [0.2, 0.25) is 0 Å². The zero-order valence-electron chi connectivity index (χ0n) is 16.0. The predicted molar refractivity (Wildman–Crippen MR) is 107 cm³/mol. The second-order valence-electron chi connectivity index (χ2n) is 6.36. The Hall–Kier alpha value is -2.99. The first kappa shape index (κ1) is 19.8. The lowest BCUT2D eigenvalue weighted by Crippen LogP contribution is -2.31. The van der Waals surface area contributed by atoms with E-state index in [1.165, 1.54) is 14.2 Å². The molecule has 6 nitrogen and oxygen atoms in total. The number of nitrogens with zero attached hydrogens (tertiary/aromatic N) is 1. The van der Waals surface area contributed by atoms with Crippen molar-refractivity contribution >= 4 is 34.7 Å². The molecule has 0 radical (unpaired) electrons. The molecule has 2 aromatic rings. The van der Waals surface area contributed by atoms with Crippen molar-refractivity contribution in [2.45, 2.75) is 20.0 Å². The topological polar surface area (TPSA) is 65.1 Å². The minimum atomic E-state index is -0.604. The summed E-state index contributed by atoms with van der Waals surface area (Å²) in [5, 5.41) is -0.139. The number of carbonyl (C=O) groups excluding carboxylic acids is 2. The van der Waals surface area contributed by atoms with E-state index < -0.39 is 11.8 Å². The van der Waals surface area contributed by atoms with Crippen molar-refractivity contribution in [1.82, 2.24) is 0 Å². The molecule has 0 saturated heterocycles. The number of hydrogen-bond acceptors (Lipinski definition) is 5. The maximum atomic E-state index is 13.1. The zero-order chi connectivity index (χ0) is 20.4. The molecule has 0 unspecified atom stereocenters. The fourth-order valence-electron chi connectivity index (χ4n) is 2.91. The Labute approximate surface area is 168 Å². The number of hydrogen-bond donors (Lipinski definition) is 0. The van der Waals surface area contributed by atoms with Crippen molar-refractivity contribution in [2.24, 2.45) is 0 Å². The summed E-state index contributed by atoms with van der Waals surface area (Å²) in [6.45, 7) is 3.85. The third-order valence-corrected chi connectivity index (χ3v) is 4.52. The number of imide groups is 1. The van der Waals surface area contributed by atoms with Gasteiger partial charge in [-0.2, -0.15) is 0 Å². The van der Waals surface area contributed by atoms with E-state index in [1.54, 1.807) is 42.5 Å². The van der Waals surface area contributed by atoms with Gasteiger partial charge in [0.25, 0.3) is 11.8 Å². The zero-order valence-corrected chi connectivity index (χ0v) is 16.7. The molecule has 1 heterocycles. The number of rotatable bonds is 6. The largest absolute Gasteiger partial charge is 0.497 e. The minimum absolute atomic E-state index is 0.0290. The highest BCUT2D eigenvalue weighted by Gasteiger charge is 2.40. The quantitative estimate of drug-likeness (QED) is 0.684. The van der Waals surface area contributed by atoms with Gasteiger partial charge in [-0.25, -0.2) is 4.90 Å². The van der Waals surface area contributed by atoms with Gasteiger partial charge in [0, 0.05) is 6.07 Å². The minimum Gasteiger partial charge on any atom is -0.497 e. The summed E-state index contributed by atoms with van der Waals surface area (Å²) in [6.07, 6.45) is 0.0290. The Morgan fingerprint density at radius 3 is 2.11 bits per heavy atom. The smallest absolute Gasteiger partial charge is 0.277 e. The molecule has 28 heavy (non-hydrogen) atoms. The molecular weight excluding hydrogens is 382 g/mol. The lowest BCUT2D eigenvalue weighted by atomic mass is 10.1. The summed E-state index contributed by atoms with van der Waals surface area (Å²) < 4.78 is 16.1. The molecule has 1 aliphatic rings. The van der Waals surface area contributed by atoms with E-state index in [1.807, 2.05) is 13.8 Å². The maximum absolute atomic E-state index is 13.1. The fraction of sp³-hybridized carbons (Fsp3) is 0.238. The molecule has 3 rings (SSSR count). The first-order chi connectivity index (χ1) is 13.4. The van der Waals surface area contributed by atoms with Gasteiger partial charge in [-0.3, -0.25) is 9.59 Å². The van der Waals surface area contributed by atoms with Crippen LogP contribution in [0.3, 0.4) is 0 Å². The Morgan fingerprint density at radius 2 is 1.54 bits per heavy atom. The molecule has 0 N–H and O–H groups in total. The van der Waals surface area contributed by atoms with Crippen LogP contribution in [-0.2, 0) is 9.59 Å². The van der Waals surface area contributed by atoms with Gasteiger partial charge in [-0.05, 0) is 43.7 Å². The lowest BCUT2D eigenvalue weighted by molar-refractivity contribution is -0.119. The van der Waals surface area contributed by atoms with Crippen molar-refractivity contribution in [3.8, 4) is 17.2 Å². The van der Waals surface area contributed by atoms with Crippen LogP contribution in [-0.4, -0.2) is 32.1 Å². The molecule has 0 aromatic heterocycles. The average molecular weight is 402 g/mol. The Kier molecular flexibility index (Phi) is 5.61. The van der Waals surface area contributed by atoms with E-state index >= 15 is 0 Å². The first-order valence-corrected chi connectivity index (χ1v) is 9.02. The van der Waals surface area contributed by atoms with E-state index in [4.69, 9.17) is 25.8 Å². The van der Waals surface area contributed by atoms with Crippen molar-refractivity contribution < 1.29 is 23.8 Å². The molecule has 0 bridgehead atoms. The highest BCUT2D eigenvalue weighted by atomic mass is 35.5. The van der Waals surface area contributed by atoms with Crippen LogP contribution < -0.4 is 19.1 Å². The molecule has 1 aliphatic heterocycles. The normalized spacial score (nSPS) is 14.1. The van der Waals surface area contributed by atoms with Crippen LogP contribution in [0.25, 0.3) is 5.57 Å². The summed E-state index contributed by atoms with van der Waals surface area (Å²) in [7, 11) is 2.97. The fourth-order valence-corrected chi connectivity index (χ4v) is 3.19. The first-order valence-electron chi connectivity index (χ1n) is 8.65. The second kappa shape index (κ2) is 7.94. The van der Waals surface area contributed by atoms with Gasteiger partial charge in [0.15, 0.2) is 0 Å². The van der Waals surface area contributed by atoms with Crippen LogP contribution in [0.15, 0.2) is 47.5 Å². The molecule has 0 atom stereocenters. The number of methoxy groups -OCH3 is 2. The van der Waals surface area contributed by atoms with Crippen LogP contribution in [0.4, 0.5) is 5.69 Å². The van der Waals surface area contributed by atoms with Gasteiger partial charge >= 0.3 is 0 Å². The molecule has 0 fully saturated rings. The molecule has 2 aromatic carbocycles. The van der Waals surface area contributed by atoms with E-state index in [9.17, 15) is 9.59 Å². The third-order valence-electron chi connectivity index (χ3n) is 4.17. The van der Waals surface area contributed by atoms with Crippen molar-refractivity contribution in [3.63, 3.8) is 0 Å². The summed E-state index contributed by atoms with van der Waals surface area (Å²) in [4.78, 5) is 26.8. The monoisotopic (exact) mass is 401 g/mol. The molecule has 2 amide bonds. The van der Waals surface area contributed by atoms with E-state index in [0.717, 1.165) is 4.90 Å². The highest BCUT2D eigenvalue weighted by Crippen LogP contribution is 2.40. The van der Waals surface area contributed by atoms with Crippen LogP contribution in [0.1, 0.15) is 19.4 Å². The van der Waals surface area contributed by atoms with Gasteiger partial charge in [0.05, 0.1) is 31.6 Å². The van der Waals surface area contributed by atoms with Gasteiger partial charge in [-0.1, -0.05) is 23.7 Å². The maximum Gasteiger partial charge on any atom is 0.277 e. The Bertz CT molecular complexity index is 950. The van der Waals surface area contributed by atoms with Crippen LogP contribution in [0.2, 0.25) is 0 Å². The predicted octanol–water partition coefficient (Wildman–Crippen LogP) is 4.01. The number of benzene rings is 2. The van der Waals surface area contributed by atoms with E-state index in [2.05, 4.69) is 0 Å². The van der Waals surface area contributed by atoms with E-state index in [0.29, 0.717) is 28.5 Å². The second-order valence-corrected chi connectivity index (χ2v) is 6.74. The summed E-state index contributed by atoms with van der Waals surface area (Å²) in [5.41, 5.74) is 0.973. The summed E-state index contributed by atoms with van der Waals surface area (Å²) in [5.74, 6) is 0.414. The number of amides is 2. The molecule has 0 spiro atoms. The molecule has 7 heteroatoms. The lowest BCUT2D eigenvalue weighted by Gasteiger charge is -2.18. The van der Waals surface area contributed by atoms with E-state index in [-0.39, 0.29) is 16.7 Å². The van der Waals surface area contributed by atoms with Gasteiger partial charge in [-0.15, -0.1) is 0 Å². The highest BCUT2D eigenvalue weighted by molar-refractivity contribution is 6.60. The van der Waals surface area contributed by atoms with Crippen molar-refractivity contribution in [3.05, 3.63) is 53.1 Å². The molecule has 146 valence electrons. The standard InChI is InChI=1S/C21H20ClNO5/c1-12(2)28-14-7-5-13(6-8-14)18-19(22)21(25)23(20(18)24)16-10-9-15(26-3)11-17(16)27-4/h5-12H,1-4H3. The molecule has 0 saturated carbocycles. The number of anilines is 1. The van der Waals surface area contributed by atoms with Crippen LogP contribution in [0, 0.1) is 0 Å². The molecular formula is C21H20ClNO5. The number of halogens is 1. The SMILES string of the molecule is COc1ccc(N2C(=O)C(Cl)=C(c3ccc(OC(C)C)cc3)C2=O)c(OC)c1. The average Bonchev–Trinajstić information content (AvgIpc) is 2.90. The van der Waals surface area contributed by atoms with Crippen molar-refractivity contribution in [1.29, 1.82) is 0 Å². The summed E-state index contributed by atoms with van der Waals surface area (Å²) in [6, 6.07) is 11.7. The van der Waals surface area contributed by atoms with Crippen LogP contribution in [0.5, 0.6) is 17.2 Å². The van der Waals surface area contributed by atoms with Gasteiger partial charge < -0.3 is 14.2 Å². The van der Waals surface area contributed by atoms with Crippen molar-refractivity contribution in [2.75, 3.05) is 19.1 Å². The molecule has 0 aliphatic carbocycles. The van der Waals surface area contributed by atoms with Gasteiger partial charge in [0.1, 0.15) is 22.3 Å². The Morgan fingerprint density at radius 1 is 0.893 bits per heavy atom. The number of carbonyl (C=O) groups is 2. The Balaban J connectivity index is 1.97. The number of ether oxygens (including phenoxy) is 3. The summed E-state index contributed by atoms with van der Waals surface area (Å²) >= 11 is 6.25. The van der Waals surface area contributed by atoms with Crippen LogP contribution >= 0.6 is 11.6 Å².